The zero-order valence-electron chi connectivity index (χ0n) is 12.1. The first-order valence-electron chi connectivity index (χ1n) is 6.64. The molecule has 0 radical (unpaired) electrons. The van der Waals surface area contributed by atoms with Crippen LogP contribution in [0.5, 0.6) is 0 Å². The minimum atomic E-state index is 0.652. The summed E-state index contributed by atoms with van der Waals surface area (Å²) < 4.78 is 2.05. The first-order chi connectivity index (χ1) is 9.61. The molecule has 5 heteroatoms. The monoisotopic (exact) mass is 288 g/mol. The van der Waals surface area contributed by atoms with Gasteiger partial charge in [0.05, 0.1) is 12.2 Å². The molecule has 0 aliphatic heterocycles. The van der Waals surface area contributed by atoms with Gasteiger partial charge in [0.1, 0.15) is 0 Å². The van der Waals surface area contributed by atoms with Crippen molar-refractivity contribution in [3.63, 3.8) is 0 Å². The molecule has 0 aliphatic carbocycles. The van der Waals surface area contributed by atoms with E-state index in [1.165, 1.54) is 16.8 Å². The van der Waals surface area contributed by atoms with E-state index in [0.29, 0.717) is 11.7 Å². The third-order valence-corrected chi connectivity index (χ3v) is 3.71. The Morgan fingerprint density at radius 1 is 1.25 bits per heavy atom. The van der Waals surface area contributed by atoms with E-state index in [0.717, 1.165) is 12.2 Å². The summed E-state index contributed by atoms with van der Waals surface area (Å²) in [5, 5.41) is 11.4. The molecule has 2 aromatic rings. The maximum Gasteiger partial charge on any atom is 0.166 e. The molecule has 2 N–H and O–H groups in total. The Morgan fingerprint density at radius 3 is 2.60 bits per heavy atom. The number of hydrogen-bond donors (Lipinski definition) is 2. The van der Waals surface area contributed by atoms with Gasteiger partial charge in [0.25, 0.3) is 0 Å². The Morgan fingerprint density at radius 2 is 1.95 bits per heavy atom. The summed E-state index contributed by atoms with van der Waals surface area (Å²) >= 11 is 5.10. The summed E-state index contributed by atoms with van der Waals surface area (Å²) in [4.78, 5) is 0. The Labute approximate surface area is 125 Å². The SMILES string of the molecule is CNC(=S)NCc1c(C)nn(Cc2ccccc2)c1C. The fraction of sp³-hybridized carbons (Fsp3) is 0.333. The van der Waals surface area contributed by atoms with Crippen molar-refractivity contribution in [2.45, 2.75) is 26.9 Å². The maximum absolute atomic E-state index is 5.10. The summed E-state index contributed by atoms with van der Waals surface area (Å²) in [5.74, 6) is 0. The van der Waals surface area contributed by atoms with Crippen molar-refractivity contribution < 1.29 is 0 Å². The van der Waals surface area contributed by atoms with Crippen LogP contribution in [0.15, 0.2) is 30.3 Å². The lowest BCUT2D eigenvalue weighted by molar-refractivity contribution is 0.657. The normalized spacial score (nSPS) is 10.3. The van der Waals surface area contributed by atoms with Gasteiger partial charge in [-0.3, -0.25) is 4.68 Å². The van der Waals surface area contributed by atoms with E-state index in [9.17, 15) is 0 Å². The lowest BCUT2D eigenvalue weighted by Crippen LogP contribution is -2.32. The van der Waals surface area contributed by atoms with E-state index in [1.807, 2.05) is 24.7 Å². The third-order valence-electron chi connectivity index (χ3n) is 3.36. The average Bonchev–Trinajstić information content (AvgIpc) is 2.72. The summed E-state index contributed by atoms with van der Waals surface area (Å²) in [6.07, 6.45) is 0. The number of nitrogens with zero attached hydrogens (tertiary/aromatic N) is 2. The minimum absolute atomic E-state index is 0.652. The van der Waals surface area contributed by atoms with Crippen LogP contribution in [0, 0.1) is 13.8 Å². The van der Waals surface area contributed by atoms with Crippen LogP contribution in [0.2, 0.25) is 0 Å². The van der Waals surface area contributed by atoms with Crippen LogP contribution >= 0.6 is 12.2 Å². The van der Waals surface area contributed by atoms with Crippen LogP contribution in [0.3, 0.4) is 0 Å². The molecule has 0 spiro atoms. The highest BCUT2D eigenvalue weighted by Crippen LogP contribution is 2.14. The number of thiocarbonyl (C=S) groups is 1. The van der Waals surface area contributed by atoms with Gasteiger partial charge in [0.15, 0.2) is 5.11 Å². The molecular weight excluding hydrogens is 268 g/mol. The number of aromatic nitrogens is 2. The van der Waals surface area contributed by atoms with E-state index in [4.69, 9.17) is 12.2 Å². The van der Waals surface area contributed by atoms with Gasteiger partial charge in [-0.25, -0.2) is 0 Å². The van der Waals surface area contributed by atoms with Crippen LogP contribution < -0.4 is 10.6 Å². The Bertz CT molecular complexity index is 589. The molecule has 0 aliphatic rings. The Balaban J connectivity index is 2.14. The third kappa shape index (κ3) is 3.36. The molecule has 4 nitrogen and oxygen atoms in total. The van der Waals surface area contributed by atoms with E-state index in [-0.39, 0.29) is 0 Å². The van der Waals surface area contributed by atoms with Crippen LogP contribution in [0.4, 0.5) is 0 Å². The second-order valence-corrected chi connectivity index (χ2v) is 5.13. The zero-order chi connectivity index (χ0) is 14.5. The van der Waals surface area contributed by atoms with Crippen molar-refractivity contribution in [2.75, 3.05) is 7.05 Å². The number of rotatable bonds is 4. The average molecular weight is 288 g/mol. The highest BCUT2D eigenvalue weighted by molar-refractivity contribution is 7.80. The Kier molecular flexibility index (Phi) is 4.74. The molecule has 106 valence electrons. The fourth-order valence-corrected chi connectivity index (χ4v) is 2.23. The summed E-state index contributed by atoms with van der Waals surface area (Å²) in [7, 11) is 1.81. The van der Waals surface area contributed by atoms with E-state index in [2.05, 4.69) is 46.9 Å². The first-order valence-corrected chi connectivity index (χ1v) is 7.05. The number of nitrogens with one attached hydrogen (secondary N) is 2. The summed E-state index contributed by atoms with van der Waals surface area (Å²) in [6.45, 7) is 5.63. The first kappa shape index (κ1) is 14.5. The van der Waals surface area contributed by atoms with Gasteiger partial charge in [-0.1, -0.05) is 30.3 Å². The van der Waals surface area contributed by atoms with Gasteiger partial charge in [-0.05, 0) is 31.6 Å². The molecule has 0 fully saturated rings. The molecule has 2 rings (SSSR count). The number of hydrogen-bond acceptors (Lipinski definition) is 2. The van der Waals surface area contributed by atoms with E-state index >= 15 is 0 Å². The molecule has 0 saturated heterocycles. The van der Waals surface area contributed by atoms with E-state index in [1.54, 1.807) is 0 Å². The molecule has 1 aromatic heterocycles. The van der Waals surface area contributed by atoms with Gasteiger partial charge in [-0.15, -0.1) is 0 Å². The van der Waals surface area contributed by atoms with Crippen molar-refractivity contribution in [2.24, 2.45) is 0 Å². The predicted molar refractivity (Wildman–Crippen MR) is 85.7 cm³/mol. The second-order valence-electron chi connectivity index (χ2n) is 4.73. The molecule has 0 bridgehead atoms. The van der Waals surface area contributed by atoms with Crippen molar-refractivity contribution in [1.82, 2.24) is 20.4 Å². The van der Waals surface area contributed by atoms with Crippen LogP contribution in [-0.2, 0) is 13.1 Å². The van der Waals surface area contributed by atoms with Crippen LogP contribution in [-0.4, -0.2) is 21.9 Å². The smallest absolute Gasteiger partial charge is 0.166 e. The maximum atomic E-state index is 5.10. The molecule has 1 heterocycles. The molecule has 0 unspecified atom stereocenters. The highest BCUT2D eigenvalue weighted by Gasteiger charge is 2.11. The molecular formula is C15H20N4S. The molecule has 0 amide bonds. The zero-order valence-corrected chi connectivity index (χ0v) is 12.9. The second kappa shape index (κ2) is 6.52. The number of aryl methyl sites for hydroxylation is 1. The Hall–Kier alpha value is -1.88. The molecule has 20 heavy (non-hydrogen) atoms. The topological polar surface area (TPSA) is 41.9 Å². The number of benzene rings is 1. The highest BCUT2D eigenvalue weighted by atomic mass is 32.1. The van der Waals surface area contributed by atoms with Crippen molar-refractivity contribution >= 4 is 17.3 Å². The van der Waals surface area contributed by atoms with Gasteiger partial charge < -0.3 is 10.6 Å². The van der Waals surface area contributed by atoms with Crippen LogP contribution in [0.1, 0.15) is 22.5 Å². The van der Waals surface area contributed by atoms with Crippen molar-refractivity contribution in [3.05, 3.63) is 52.8 Å². The molecule has 1 aromatic carbocycles. The molecule has 0 saturated carbocycles. The van der Waals surface area contributed by atoms with Gasteiger partial charge in [0, 0.05) is 24.8 Å². The van der Waals surface area contributed by atoms with Gasteiger partial charge in [-0.2, -0.15) is 5.10 Å². The summed E-state index contributed by atoms with van der Waals surface area (Å²) in [5.41, 5.74) is 4.68. The lowest BCUT2D eigenvalue weighted by Gasteiger charge is -2.08. The van der Waals surface area contributed by atoms with Gasteiger partial charge in [0.2, 0.25) is 0 Å². The summed E-state index contributed by atoms with van der Waals surface area (Å²) in [6, 6.07) is 10.4. The standard InChI is InChI=1S/C15H20N4S/c1-11-14(9-17-15(20)16-3)12(2)19(18-11)10-13-7-5-4-6-8-13/h4-8H,9-10H2,1-3H3,(H2,16,17,20). The lowest BCUT2D eigenvalue weighted by atomic mass is 10.2. The van der Waals surface area contributed by atoms with E-state index < -0.39 is 0 Å². The van der Waals surface area contributed by atoms with Gasteiger partial charge >= 0.3 is 0 Å². The quantitative estimate of drug-likeness (QED) is 0.846. The van der Waals surface area contributed by atoms with Crippen LogP contribution in [0.25, 0.3) is 0 Å². The predicted octanol–water partition coefficient (Wildman–Crippen LogP) is 2.14. The minimum Gasteiger partial charge on any atom is -0.366 e. The van der Waals surface area contributed by atoms with Crippen molar-refractivity contribution in [3.8, 4) is 0 Å². The van der Waals surface area contributed by atoms with Crippen molar-refractivity contribution in [1.29, 1.82) is 0 Å². The molecule has 0 atom stereocenters. The fourth-order valence-electron chi connectivity index (χ4n) is 2.16. The largest absolute Gasteiger partial charge is 0.366 e.